The molecular weight excluding hydrogens is 258 g/mol. The Morgan fingerprint density at radius 2 is 2.12 bits per heavy atom. The van der Waals surface area contributed by atoms with Crippen LogP contribution in [0.4, 0.5) is 5.69 Å². The summed E-state index contributed by atoms with van der Waals surface area (Å²) in [5.74, 6) is -0.744. The summed E-state index contributed by atoms with van der Waals surface area (Å²) in [5, 5.41) is 10.5. The number of nitrogens with zero attached hydrogens (tertiary/aromatic N) is 1. The lowest BCUT2D eigenvalue weighted by Crippen LogP contribution is -2.12. The van der Waals surface area contributed by atoms with Crippen LogP contribution in [-0.4, -0.2) is 19.1 Å². The lowest BCUT2D eigenvalue weighted by atomic mass is 10.3. The Kier molecular flexibility index (Phi) is 3.71. The molecule has 0 saturated heterocycles. The number of rotatable bonds is 4. The Labute approximate surface area is 97.1 Å². The Morgan fingerprint density at radius 3 is 2.62 bits per heavy atom. The first-order valence-electron chi connectivity index (χ1n) is 4.22. The maximum atomic E-state index is 11.2. The van der Waals surface area contributed by atoms with Gasteiger partial charge in [-0.2, -0.15) is 8.42 Å². The van der Waals surface area contributed by atoms with Gasteiger partial charge in [-0.1, -0.05) is 17.7 Å². The fourth-order valence-electron chi connectivity index (χ4n) is 0.910. The maximum Gasteiger partial charge on any atom is 0.314 e. The smallest absolute Gasteiger partial charge is 0.314 e. The summed E-state index contributed by atoms with van der Waals surface area (Å²) < 4.78 is 27.0. The molecule has 0 aromatic heterocycles. The summed E-state index contributed by atoms with van der Waals surface area (Å²) in [6, 6.07) is 3.77. The molecule has 0 aliphatic heterocycles. The van der Waals surface area contributed by atoms with E-state index in [9.17, 15) is 18.5 Å². The van der Waals surface area contributed by atoms with Crippen molar-refractivity contribution in [3.63, 3.8) is 0 Å². The Morgan fingerprint density at radius 1 is 1.50 bits per heavy atom. The Balaban J connectivity index is 3.27. The van der Waals surface area contributed by atoms with Crippen molar-refractivity contribution < 1.29 is 17.5 Å². The van der Waals surface area contributed by atoms with Crippen molar-refractivity contribution in [1.82, 2.24) is 0 Å². The SMILES string of the molecule is CCS(=O)(=O)Oc1c(Cl)cccc1[N+](=O)[O-]. The van der Waals surface area contributed by atoms with Crippen molar-refractivity contribution in [2.24, 2.45) is 0 Å². The number of hydrogen-bond donors (Lipinski definition) is 0. The van der Waals surface area contributed by atoms with E-state index in [1.165, 1.54) is 19.1 Å². The summed E-state index contributed by atoms with van der Waals surface area (Å²) >= 11 is 5.64. The second kappa shape index (κ2) is 4.67. The molecule has 0 spiro atoms. The molecule has 6 nitrogen and oxygen atoms in total. The molecule has 0 radical (unpaired) electrons. The van der Waals surface area contributed by atoms with Crippen LogP contribution in [0.1, 0.15) is 6.92 Å². The molecule has 0 heterocycles. The van der Waals surface area contributed by atoms with Gasteiger partial charge in [-0.3, -0.25) is 10.1 Å². The van der Waals surface area contributed by atoms with E-state index in [0.717, 1.165) is 6.07 Å². The van der Waals surface area contributed by atoms with Gasteiger partial charge in [-0.15, -0.1) is 0 Å². The van der Waals surface area contributed by atoms with E-state index in [2.05, 4.69) is 4.18 Å². The van der Waals surface area contributed by atoms with Gasteiger partial charge in [0, 0.05) is 6.07 Å². The lowest BCUT2D eigenvalue weighted by Gasteiger charge is -2.06. The molecule has 1 aromatic rings. The van der Waals surface area contributed by atoms with Crippen LogP contribution in [0.5, 0.6) is 5.75 Å². The third-order valence-corrected chi connectivity index (χ3v) is 3.13. The molecule has 1 aromatic carbocycles. The minimum absolute atomic E-state index is 0.119. The molecule has 0 fully saturated rings. The van der Waals surface area contributed by atoms with E-state index < -0.39 is 26.5 Å². The summed E-state index contributed by atoms with van der Waals surface area (Å²) in [7, 11) is -3.84. The molecule has 0 unspecified atom stereocenters. The molecule has 16 heavy (non-hydrogen) atoms. The van der Waals surface area contributed by atoms with Gasteiger partial charge in [0.25, 0.3) is 0 Å². The number of nitro groups is 1. The van der Waals surface area contributed by atoms with Crippen molar-refractivity contribution in [3.8, 4) is 5.75 Å². The molecule has 1 rings (SSSR count). The van der Waals surface area contributed by atoms with Gasteiger partial charge < -0.3 is 4.18 Å². The van der Waals surface area contributed by atoms with Crippen LogP contribution in [0.2, 0.25) is 5.02 Å². The zero-order valence-electron chi connectivity index (χ0n) is 8.21. The minimum Gasteiger partial charge on any atom is -0.373 e. The van der Waals surface area contributed by atoms with E-state index in [4.69, 9.17) is 11.6 Å². The molecule has 8 heteroatoms. The van der Waals surface area contributed by atoms with E-state index >= 15 is 0 Å². The first kappa shape index (κ1) is 12.7. The highest BCUT2D eigenvalue weighted by molar-refractivity contribution is 7.87. The van der Waals surface area contributed by atoms with Gasteiger partial charge >= 0.3 is 15.8 Å². The topological polar surface area (TPSA) is 86.5 Å². The molecule has 0 atom stereocenters. The van der Waals surface area contributed by atoms with Crippen LogP contribution >= 0.6 is 11.6 Å². The van der Waals surface area contributed by atoms with Gasteiger partial charge in [-0.05, 0) is 13.0 Å². The van der Waals surface area contributed by atoms with Crippen molar-refractivity contribution in [3.05, 3.63) is 33.3 Å². The molecule has 0 amide bonds. The van der Waals surface area contributed by atoms with E-state index in [1.807, 2.05) is 0 Å². The second-order valence-electron chi connectivity index (χ2n) is 2.77. The van der Waals surface area contributed by atoms with E-state index in [0.29, 0.717) is 0 Å². The number of benzene rings is 1. The predicted molar refractivity (Wildman–Crippen MR) is 58.2 cm³/mol. The maximum absolute atomic E-state index is 11.2. The van der Waals surface area contributed by atoms with Crippen LogP contribution in [0.25, 0.3) is 0 Å². The fourth-order valence-corrected chi connectivity index (χ4v) is 1.71. The zero-order chi connectivity index (χ0) is 12.3. The largest absolute Gasteiger partial charge is 0.373 e. The molecule has 0 aliphatic rings. The molecule has 88 valence electrons. The minimum atomic E-state index is -3.84. The van der Waals surface area contributed by atoms with Crippen LogP contribution in [0.15, 0.2) is 18.2 Å². The normalized spacial score (nSPS) is 11.1. The fraction of sp³-hybridized carbons (Fsp3) is 0.250. The van der Waals surface area contributed by atoms with Crippen LogP contribution < -0.4 is 4.18 Å². The summed E-state index contributed by atoms with van der Waals surface area (Å²) in [5.41, 5.74) is -0.482. The van der Waals surface area contributed by atoms with Gasteiger partial charge in [0.2, 0.25) is 5.75 Å². The summed E-state index contributed by atoms with van der Waals surface area (Å²) in [6.45, 7) is 1.36. The summed E-state index contributed by atoms with van der Waals surface area (Å²) in [6.07, 6.45) is 0. The predicted octanol–water partition coefficient (Wildman–Crippen LogP) is 1.98. The first-order valence-corrected chi connectivity index (χ1v) is 6.18. The average molecular weight is 266 g/mol. The molecule has 0 saturated carbocycles. The monoisotopic (exact) mass is 265 g/mol. The third-order valence-electron chi connectivity index (χ3n) is 1.71. The van der Waals surface area contributed by atoms with Gasteiger partial charge in [0.15, 0.2) is 0 Å². The van der Waals surface area contributed by atoms with Crippen LogP contribution in [-0.2, 0) is 10.1 Å². The number of nitro benzene ring substituents is 1. The quantitative estimate of drug-likeness (QED) is 0.472. The standard InChI is InChI=1S/C8H8ClNO5S/c1-2-16(13,14)15-8-6(9)4-3-5-7(8)10(11)12/h3-5H,2H2,1H3. The number of hydrogen-bond acceptors (Lipinski definition) is 5. The van der Waals surface area contributed by atoms with E-state index in [-0.39, 0.29) is 10.8 Å². The van der Waals surface area contributed by atoms with Gasteiger partial charge in [-0.25, -0.2) is 0 Å². The highest BCUT2D eigenvalue weighted by Crippen LogP contribution is 2.35. The lowest BCUT2D eigenvalue weighted by molar-refractivity contribution is -0.385. The van der Waals surface area contributed by atoms with Crippen molar-refractivity contribution in [2.45, 2.75) is 6.92 Å². The second-order valence-corrected chi connectivity index (χ2v) is 5.04. The molecule has 0 bridgehead atoms. The molecular formula is C8H8ClNO5S. The number of halogens is 1. The summed E-state index contributed by atoms with van der Waals surface area (Å²) in [4.78, 5) is 9.86. The first-order chi connectivity index (χ1) is 7.37. The third kappa shape index (κ3) is 2.83. The van der Waals surface area contributed by atoms with Crippen molar-refractivity contribution in [2.75, 3.05) is 5.75 Å². The zero-order valence-corrected chi connectivity index (χ0v) is 9.79. The number of para-hydroxylation sites is 1. The Hall–Kier alpha value is -1.34. The average Bonchev–Trinajstić information content (AvgIpc) is 2.20. The van der Waals surface area contributed by atoms with Crippen LogP contribution in [0.3, 0.4) is 0 Å². The van der Waals surface area contributed by atoms with Gasteiger partial charge in [0.05, 0.1) is 15.7 Å². The molecule has 0 aliphatic carbocycles. The van der Waals surface area contributed by atoms with Crippen LogP contribution in [0, 0.1) is 10.1 Å². The van der Waals surface area contributed by atoms with Crippen molar-refractivity contribution >= 4 is 27.4 Å². The highest BCUT2D eigenvalue weighted by Gasteiger charge is 2.23. The highest BCUT2D eigenvalue weighted by atomic mass is 35.5. The van der Waals surface area contributed by atoms with Crippen molar-refractivity contribution in [1.29, 1.82) is 0 Å². The Bertz CT molecular complexity index is 513. The van der Waals surface area contributed by atoms with Gasteiger partial charge in [0.1, 0.15) is 0 Å². The molecule has 0 N–H and O–H groups in total. The van der Waals surface area contributed by atoms with E-state index in [1.54, 1.807) is 0 Å².